The number of amides is 2. The number of ether oxygens (including phenoxy) is 3. The Morgan fingerprint density at radius 1 is 1.17 bits per heavy atom. The lowest BCUT2D eigenvalue weighted by atomic mass is 9.93. The van der Waals surface area contributed by atoms with E-state index in [0.29, 0.717) is 34.9 Å². The number of likely N-dealkylation sites (N-methyl/N-ethyl adjacent to an activating group) is 1. The van der Waals surface area contributed by atoms with Crippen LogP contribution in [0.4, 0.5) is 4.79 Å². The monoisotopic (exact) mass is 417 g/mol. The van der Waals surface area contributed by atoms with Gasteiger partial charge < -0.3 is 19.5 Å². The number of esters is 1. The molecule has 3 rings (SSSR count). The topological polar surface area (TPSA) is 80.3 Å². The summed E-state index contributed by atoms with van der Waals surface area (Å²) in [6.07, 6.45) is 3.44. The van der Waals surface area contributed by atoms with Crippen LogP contribution in [0, 0.1) is 0 Å². The summed E-state index contributed by atoms with van der Waals surface area (Å²) in [6.45, 7) is 4.43. The minimum Gasteiger partial charge on any atom is -0.497 e. The Hall–Kier alpha value is -2.74. The number of urea groups is 1. The van der Waals surface area contributed by atoms with Crippen LogP contribution in [-0.2, 0) is 9.53 Å². The number of carbonyl (C=O) groups excluding carboxylic acids is 2. The van der Waals surface area contributed by atoms with Crippen molar-refractivity contribution in [1.29, 1.82) is 0 Å². The Balaban J connectivity index is 2.12. The molecule has 0 radical (unpaired) electrons. The van der Waals surface area contributed by atoms with Crippen molar-refractivity contribution in [3.63, 3.8) is 0 Å². The van der Waals surface area contributed by atoms with Crippen LogP contribution in [0.25, 0.3) is 0 Å². The first kappa shape index (κ1) is 22.0. The number of nitrogens with zero attached hydrogens (tertiary/aromatic N) is 2. The zero-order valence-corrected chi connectivity index (χ0v) is 18.2. The lowest BCUT2D eigenvalue weighted by Gasteiger charge is -2.38. The smallest absolute Gasteiger partial charge is 0.338 e. The molecule has 8 heteroatoms. The van der Waals surface area contributed by atoms with Crippen LogP contribution >= 0.6 is 0 Å². The second-order valence-electron chi connectivity index (χ2n) is 7.47. The van der Waals surface area contributed by atoms with Gasteiger partial charge in [-0.05, 0) is 51.1 Å². The van der Waals surface area contributed by atoms with Gasteiger partial charge in [-0.2, -0.15) is 0 Å². The molecule has 0 aliphatic carbocycles. The molecular weight excluding hydrogens is 386 g/mol. The van der Waals surface area contributed by atoms with E-state index in [1.807, 2.05) is 0 Å². The summed E-state index contributed by atoms with van der Waals surface area (Å²) in [7, 11) is 4.82. The predicted octanol–water partition coefficient (Wildman–Crippen LogP) is 2.70. The molecule has 2 aliphatic rings. The number of likely N-dealkylation sites (tertiary alicyclic amines) is 1. The number of hydrogen-bond donors (Lipinski definition) is 1. The van der Waals surface area contributed by atoms with Gasteiger partial charge in [0.25, 0.3) is 0 Å². The molecule has 164 valence electrons. The van der Waals surface area contributed by atoms with Crippen LogP contribution in [0.2, 0.25) is 0 Å². The van der Waals surface area contributed by atoms with Crippen molar-refractivity contribution < 1.29 is 23.8 Å². The van der Waals surface area contributed by atoms with Crippen LogP contribution in [0.1, 0.15) is 37.8 Å². The lowest BCUT2D eigenvalue weighted by molar-refractivity contribution is -0.139. The summed E-state index contributed by atoms with van der Waals surface area (Å²) in [5.74, 6) is 0.732. The quantitative estimate of drug-likeness (QED) is 0.687. The third-order valence-electron chi connectivity index (χ3n) is 5.64. The molecule has 0 unspecified atom stereocenters. The fraction of sp³-hybridized carbons (Fsp3) is 0.545. The van der Waals surface area contributed by atoms with E-state index >= 15 is 0 Å². The first-order chi connectivity index (χ1) is 14.5. The van der Waals surface area contributed by atoms with Gasteiger partial charge in [0.05, 0.1) is 32.4 Å². The Morgan fingerprint density at radius 2 is 1.90 bits per heavy atom. The second kappa shape index (κ2) is 9.84. The Morgan fingerprint density at radius 3 is 2.53 bits per heavy atom. The first-order valence-corrected chi connectivity index (χ1v) is 10.4. The van der Waals surface area contributed by atoms with Crippen LogP contribution < -0.4 is 14.8 Å². The minimum atomic E-state index is -0.697. The molecule has 1 atom stereocenters. The first-order valence-electron chi connectivity index (χ1n) is 10.4. The number of methoxy groups -OCH3 is 2. The Bertz CT molecular complexity index is 817. The van der Waals surface area contributed by atoms with Gasteiger partial charge >= 0.3 is 12.0 Å². The van der Waals surface area contributed by atoms with E-state index in [9.17, 15) is 9.59 Å². The maximum absolute atomic E-state index is 13.1. The molecule has 1 fully saturated rings. The van der Waals surface area contributed by atoms with Crippen molar-refractivity contribution in [2.45, 2.75) is 32.2 Å². The van der Waals surface area contributed by atoms with E-state index in [4.69, 9.17) is 14.2 Å². The Kier molecular flexibility index (Phi) is 7.20. The van der Waals surface area contributed by atoms with Crippen molar-refractivity contribution in [1.82, 2.24) is 15.1 Å². The summed E-state index contributed by atoms with van der Waals surface area (Å²) in [4.78, 5) is 29.7. The fourth-order valence-corrected chi connectivity index (χ4v) is 4.03. The van der Waals surface area contributed by atoms with E-state index in [1.165, 1.54) is 11.3 Å². The normalized spacial score (nSPS) is 20.1. The maximum Gasteiger partial charge on any atom is 0.338 e. The number of nitrogens with one attached hydrogen (secondary N) is 1. The molecule has 1 aromatic carbocycles. The molecule has 1 aromatic rings. The zero-order valence-electron chi connectivity index (χ0n) is 18.2. The van der Waals surface area contributed by atoms with Crippen LogP contribution in [0.15, 0.2) is 29.5 Å². The van der Waals surface area contributed by atoms with Gasteiger partial charge in [-0.25, -0.2) is 9.59 Å². The average molecular weight is 418 g/mol. The Labute approximate surface area is 177 Å². The molecule has 2 aliphatic heterocycles. The largest absolute Gasteiger partial charge is 0.497 e. The summed E-state index contributed by atoms with van der Waals surface area (Å²) >= 11 is 0. The van der Waals surface area contributed by atoms with E-state index in [0.717, 1.165) is 25.9 Å². The van der Waals surface area contributed by atoms with Crippen molar-refractivity contribution in [2.24, 2.45) is 0 Å². The zero-order chi connectivity index (χ0) is 21.7. The number of piperidine rings is 1. The summed E-state index contributed by atoms with van der Waals surface area (Å²) in [6, 6.07) is 4.36. The average Bonchev–Trinajstić information content (AvgIpc) is 2.77. The number of rotatable bonds is 7. The molecule has 0 spiro atoms. The molecule has 0 saturated carbocycles. The summed E-state index contributed by atoms with van der Waals surface area (Å²) in [5, 5.41) is 2.94. The van der Waals surface area contributed by atoms with Gasteiger partial charge in [0.2, 0.25) is 0 Å². The molecule has 2 amide bonds. The van der Waals surface area contributed by atoms with Crippen molar-refractivity contribution in [3.05, 3.63) is 35.0 Å². The van der Waals surface area contributed by atoms with E-state index in [-0.39, 0.29) is 12.6 Å². The molecule has 30 heavy (non-hydrogen) atoms. The lowest BCUT2D eigenvalue weighted by Crippen LogP contribution is -2.49. The number of hydrogen-bond acceptors (Lipinski definition) is 6. The highest BCUT2D eigenvalue weighted by atomic mass is 16.5. The van der Waals surface area contributed by atoms with Gasteiger partial charge in [-0.15, -0.1) is 0 Å². The number of benzene rings is 1. The molecule has 0 aromatic heterocycles. The third kappa shape index (κ3) is 4.53. The van der Waals surface area contributed by atoms with Crippen molar-refractivity contribution in [2.75, 3.05) is 47.5 Å². The van der Waals surface area contributed by atoms with Crippen LogP contribution in [0.3, 0.4) is 0 Å². The van der Waals surface area contributed by atoms with Crippen molar-refractivity contribution in [3.8, 4) is 11.5 Å². The molecular formula is C22H31N3O5. The third-order valence-corrected chi connectivity index (χ3v) is 5.64. The van der Waals surface area contributed by atoms with Gasteiger partial charge in [-0.3, -0.25) is 9.80 Å². The van der Waals surface area contributed by atoms with Gasteiger partial charge in [0.15, 0.2) is 0 Å². The highest BCUT2D eigenvalue weighted by molar-refractivity contribution is 5.95. The highest BCUT2D eigenvalue weighted by Crippen LogP contribution is 2.37. The van der Waals surface area contributed by atoms with E-state index < -0.39 is 12.0 Å². The van der Waals surface area contributed by atoms with Gasteiger partial charge in [0, 0.05) is 24.9 Å². The van der Waals surface area contributed by atoms with Crippen molar-refractivity contribution >= 4 is 12.0 Å². The molecule has 0 bridgehead atoms. The standard InChI is InChI=1S/C22H31N3O5/c1-5-30-21(26)19-17(14-25-11-7-6-8-12-25)24(2)22(27)23-20(19)16-13-15(28-3)9-10-18(16)29-4/h9-10,13,20H,5-8,11-12,14H2,1-4H3,(H,23,27)/t20-/m0/s1. The van der Waals surface area contributed by atoms with E-state index in [1.54, 1.807) is 46.4 Å². The van der Waals surface area contributed by atoms with E-state index in [2.05, 4.69) is 10.2 Å². The fourth-order valence-electron chi connectivity index (χ4n) is 4.03. The van der Waals surface area contributed by atoms with Gasteiger partial charge in [-0.1, -0.05) is 6.42 Å². The minimum absolute atomic E-state index is 0.249. The highest BCUT2D eigenvalue weighted by Gasteiger charge is 2.38. The molecule has 1 saturated heterocycles. The predicted molar refractivity (Wildman–Crippen MR) is 113 cm³/mol. The molecule has 1 N–H and O–H groups in total. The number of carbonyl (C=O) groups is 2. The molecule has 2 heterocycles. The van der Waals surface area contributed by atoms with Crippen LogP contribution in [-0.4, -0.2) is 69.3 Å². The summed E-state index contributed by atoms with van der Waals surface area (Å²) < 4.78 is 16.3. The maximum atomic E-state index is 13.1. The second-order valence-corrected chi connectivity index (χ2v) is 7.47. The summed E-state index contributed by atoms with van der Waals surface area (Å²) in [5.41, 5.74) is 1.74. The SMILES string of the molecule is CCOC(=O)C1=C(CN2CCCCC2)N(C)C(=O)N[C@H]1c1cc(OC)ccc1OC. The van der Waals surface area contributed by atoms with Crippen LogP contribution in [0.5, 0.6) is 11.5 Å². The van der Waals surface area contributed by atoms with Gasteiger partial charge in [0.1, 0.15) is 11.5 Å². The molecule has 8 nitrogen and oxygen atoms in total.